The first-order valence-electron chi connectivity index (χ1n) is 19.5. The lowest BCUT2D eigenvalue weighted by Gasteiger charge is -2.45. The number of fused-ring (bicyclic) bond motifs is 4. The van der Waals surface area contributed by atoms with Crippen LogP contribution in [0.2, 0.25) is 0 Å². The van der Waals surface area contributed by atoms with Crippen molar-refractivity contribution in [2.45, 2.75) is 0 Å². The summed E-state index contributed by atoms with van der Waals surface area (Å²) in [4.78, 5) is 15.6. The van der Waals surface area contributed by atoms with Gasteiger partial charge in [0, 0.05) is 45.0 Å². The molecular formula is C52H35BN4. The third-order valence-corrected chi connectivity index (χ3v) is 11.3. The molecular weight excluding hydrogens is 691 g/mol. The number of nitrogens with zero attached hydrogens (tertiary/aromatic N) is 4. The van der Waals surface area contributed by atoms with Gasteiger partial charge in [-0.2, -0.15) is 0 Å². The highest BCUT2D eigenvalue weighted by atomic mass is 15.2. The highest BCUT2D eigenvalue weighted by Gasteiger charge is 2.44. The molecule has 0 fully saturated rings. The van der Waals surface area contributed by atoms with Crippen molar-refractivity contribution in [1.82, 2.24) is 9.97 Å². The van der Waals surface area contributed by atoms with Crippen LogP contribution in [0.15, 0.2) is 212 Å². The van der Waals surface area contributed by atoms with E-state index in [4.69, 9.17) is 9.97 Å². The molecule has 9 aromatic rings. The van der Waals surface area contributed by atoms with Crippen molar-refractivity contribution < 1.29 is 0 Å². The standard InChI is InChI=1S/C52H35BN4/c1-5-18-36(19-6-1)44-30-15-32-46(54-44)40-26-13-28-42-51(40)56(38-22-9-3-10-23-38)48-34-17-35-49-50(48)53(42)43-29-14-27-41(52(43)57(49)39-24-11-4-12-25-39)47-33-16-31-45(55-47)37-20-7-2-8-21-37/h1-35H. The van der Waals surface area contributed by atoms with E-state index in [1.165, 1.54) is 16.4 Å². The average Bonchev–Trinajstić information content (AvgIpc) is 3.30. The smallest absolute Gasteiger partial charge is 0.252 e. The highest BCUT2D eigenvalue weighted by molar-refractivity contribution is 7.00. The molecule has 266 valence electrons. The van der Waals surface area contributed by atoms with Crippen LogP contribution in [0.3, 0.4) is 0 Å². The van der Waals surface area contributed by atoms with Crippen LogP contribution >= 0.6 is 0 Å². The van der Waals surface area contributed by atoms with Gasteiger partial charge in [-0.1, -0.05) is 152 Å². The number of anilines is 6. The van der Waals surface area contributed by atoms with Gasteiger partial charge in [-0.15, -0.1) is 0 Å². The Bertz CT molecular complexity index is 2720. The minimum absolute atomic E-state index is 0.0596. The molecule has 0 radical (unpaired) electrons. The third-order valence-electron chi connectivity index (χ3n) is 11.3. The molecule has 2 aliphatic rings. The molecule has 7 aromatic carbocycles. The van der Waals surface area contributed by atoms with E-state index in [0.29, 0.717) is 0 Å². The molecule has 0 unspecified atom stereocenters. The van der Waals surface area contributed by atoms with E-state index in [-0.39, 0.29) is 6.71 Å². The van der Waals surface area contributed by atoms with E-state index in [2.05, 4.69) is 210 Å². The molecule has 0 spiro atoms. The Balaban J connectivity index is 1.20. The van der Waals surface area contributed by atoms with Gasteiger partial charge in [0.1, 0.15) is 0 Å². The lowest BCUT2D eigenvalue weighted by molar-refractivity contribution is 1.24. The van der Waals surface area contributed by atoms with Gasteiger partial charge in [0.15, 0.2) is 0 Å². The predicted octanol–water partition coefficient (Wildman–Crippen LogP) is 11.2. The first-order valence-corrected chi connectivity index (χ1v) is 19.5. The Morgan fingerprint density at radius 2 is 0.684 bits per heavy atom. The van der Waals surface area contributed by atoms with Crippen LogP contribution in [0.1, 0.15) is 0 Å². The molecule has 4 heterocycles. The Morgan fingerprint density at radius 1 is 0.316 bits per heavy atom. The van der Waals surface area contributed by atoms with E-state index >= 15 is 0 Å². The largest absolute Gasteiger partial charge is 0.311 e. The molecule has 4 nitrogen and oxygen atoms in total. The summed E-state index contributed by atoms with van der Waals surface area (Å²) < 4.78 is 0. The first kappa shape index (κ1) is 32.9. The maximum absolute atomic E-state index is 5.33. The average molecular weight is 727 g/mol. The normalized spacial score (nSPS) is 12.5. The van der Waals surface area contributed by atoms with Crippen LogP contribution in [-0.2, 0) is 0 Å². The molecule has 0 N–H and O–H groups in total. The predicted molar refractivity (Wildman–Crippen MR) is 238 cm³/mol. The number of pyridine rings is 2. The summed E-state index contributed by atoms with van der Waals surface area (Å²) in [5, 5.41) is 0. The van der Waals surface area contributed by atoms with Crippen LogP contribution in [0.5, 0.6) is 0 Å². The second-order valence-corrected chi connectivity index (χ2v) is 14.5. The molecule has 0 saturated carbocycles. The van der Waals surface area contributed by atoms with E-state index in [1.807, 2.05) is 12.1 Å². The van der Waals surface area contributed by atoms with Crippen LogP contribution in [0.4, 0.5) is 34.1 Å². The van der Waals surface area contributed by atoms with Gasteiger partial charge in [-0.3, -0.25) is 0 Å². The van der Waals surface area contributed by atoms with E-state index in [9.17, 15) is 0 Å². The van der Waals surface area contributed by atoms with Gasteiger partial charge >= 0.3 is 0 Å². The Morgan fingerprint density at radius 3 is 1.12 bits per heavy atom. The van der Waals surface area contributed by atoms with Crippen LogP contribution < -0.4 is 26.2 Å². The van der Waals surface area contributed by atoms with Crippen molar-refractivity contribution >= 4 is 57.2 Å². The highest BCUT2D eigenvalue weighted by Crippen LogP contribution is 2.48. The second kappa shape index (κ2) is 13.7. The number of hydrogen-bond donors (Lipinski definition) is 0. The molecule has 11 rings (SSSR count). The summed E-state index contributed by atoms with van der Waals surface area (Å²) >= 11 is 0. The lowest BCUT2D eigenvalue weighted by Crippen LogP contribution is -2.61. The van der Waals surface area contributed by atoms with Crippen LogP contribution in [-0.4, -0.2) is 16.7 Å². The fourth-order valence-corrected chi connectivity index (χ4v) is 8.85. The van der Waals surface area contributed by atoms with E-state index in [0.717, 1.165) is 79.2 Å². The van der Waals surface area contributed by atoms with E-state index < -0.39 is 0 Å². The van der Waals surface area contributed by atoms with Crippen molar-refractivity contribution in [1.29, 1.82) is 0 Å². The summed E-state index contributed by atoms with van der Waals surface area (Å²) in [6.07, 6.45) is 0. The summed E-state index contributed by atoms with van der Waals surface area (Å²) in [5.74, 6) is 0. The molecule has 0 bridgehead atoms. The molecule has 2 aromatic heterocycles. The zero-order valence-electron chi connectivity index (χ0n) is 31.1. The van der Waals surface area contributed by atoms with Gasteiger partial charge in [0.05, 0.1) is 34.2 Å². The number of para-hydroxylation sites is 4. The molecule has 2 aliphatic heterocycles. The second-order valence-electron chi connectivity index (χ2n) is 14.5. The molecule has 0 atom stereocenters. The monoisotopic (exact) mass is 726 g/mol. The summed E-state index contributed by atoms with van der Waals surface area (Å²) in [5.41, 5.74) is 18.7. The lowest BCUT2D eigenvalue weighted by atomic mass is 9.33. The zero-order chi connectivity index (χ0) is 37.7. The fraction of sp³-hybridized carbons (Fsp3) is 0. The summed E-state index contributed by atoms with van der Waals surface area (Å²) in [6.45, 7) is -0.0596. The maximum Gasteiger partial charge on any atom is 0.252 e. The summed E-state index contributed by atoms with van der Waals surface area (Å²) in [7, 11) is 0. The first-order chi connectivity index (χ1) is 28.3. The molecule has 0 saturated heterocycles. The van der Waals surface area contributed by atoms with Crippen molar-refractivity contribution in [3.63, 3.8) is 0 Å². The van der Waals surface area contributed by atoms with Gasteiger partial charge < -0.3 is 9.80 Å². The maximum atomic E-state index is 5.33. The van der Waals surface area contributed by atoms with Crippen molar-refractivity contribution in [3.05, 3.63) is 212 Å². The number of benzene rings is 7. The quantitative estimate of drug-likeness (QED) is 0.160. The van der Waals surface area contributed by atoms with Crippen molar-refractivity contribution in [3.8, 4) is 45.0 Å². The molecule has 0 aliphatic carbocycles. The third kappa shape index (κ3) is 5.47. The Hall–Kier alpha value is -7.50. The minimum Gasteiger partial charge on any atom is -0.311 e. The van der Waals surface area contributed by atoms with Crippen LogP contribution in [0.25, 0.3) is 45.0 Å². The van der Waals surface area contributed by atoms with Gasteiger partial charge in [-0.05, 0) is 77.1 Å². The van der Waals surface area contributed by atoms with Crippen LogP contribution in [0, 0.1) is 0 Å². The molecule has 57 heavy (non-hydrogen) atoms. The van der Waals surface area contributed by atoms with Gasteiger partial charge in [-0.25, -0.2) is 9.97 Å². The number of hydrogen-bond acceptors (Lipinski definition) is 4. The number of aromatic nitrogens is 2. The van der Waals surface area contributed by atoms with Gasteiger partial charge in [0.25, 0.3) is 6.71 Å². The van der Waals surface area contributed by atoms with Gasteiger partial charge in [0.2, 0.25) is 0 Å². The zero-order valence-corrected chi connectivity index (χ0v) is 31.1. The van der Waals surface area contributed by atoms with Crippen molar-refractivity contribution in [2.75, 3.05) is 9.80 Å². The summed E-state index contributed by atoms with van der Waals surface area (Å²) in [6, 6.07) is 75.5. The Labute approximate surface area is 333 Å². The topological polar surface area (TPSA) is 32.3 Å². The minimum atomic E-state index is -0.0596. The van der Waals surface area contributed by atoms with Crippen molar-refractivity contribution in [2.24, 2.45) is 0 Å². The Kier molecular flexibility index (Phi) is 7.89. The molecule has 0 amide bonds. The SMILES string of the molecule is c1ccc(-c2cccc(-c3cccc4c3N(c3ccccc3)c3cccc5c3B4c3cccc(-c4cccc(-c6ccccc6)n4)c3N5c3ccccc3)n2)cc1. The molecule has 5 heteroatoms. The van der Waals surface area contributed by atoms with E-state index in [1.54, 1.807) is 0 Å². The number of rotatable bonds is 6. The fourth-order valence-electron chi connectivity index (χ4n) is 8.85.